The zero-order valence-electron chi connectivity index (χ0n) is 15.2. The lowest BCUT2D eigenvalue weighted by atomic mass is 10.1. The van der Waals surface area contributed by atoms with Crippen molar-refractivity contribution in [2.75, 3.05) is 13.1 Å². The molecule has 126 valence electrons. The Bertz CT molecular complexity index is 285. The third-order valence-corrected chi connectivity index (χ3v) is 2.90. The number of rotatable bonds is 9. The van der Waals surface area contributed by atoms with Crippen molar-refractivity contribution in [2.24, 2.45) is 11.8 Å². The van der Waals surface area contributed by atoms with Crippen LogP contribution in [0.5, 0.6) is 0 Å². The van der Waals surface area contributed by atoms with E-state index in [9.17, 15) is 9.59 Å². The number of hydrogen-bond acceptors (Lipinski definition) is 4. The van der Waals surface area contributed by atoms with Crippen LogP contribution in [-0.2, 0) is 9.59 Å². The maximum absolute atomic E-state index is 11.1. The second-order valence-electron chi connectivity index (χ2n) is 6.64. The van der Waals surface area contributed by atoms with Crippen molar-refractivity contribution in [2.45, 2.75) is 73.9 Å². The Morgan fingerprint density at radius 1 is 0.714 bits per heavy atom. The molecule has 0 radical (unpaired) electrons. The number of hydrogen-bond donors (Lipinski definition) is 2. The van der Waals surface area contributed by atoms with Gasteiger partial charge in [-0.05, 0) is 0 Å². The van der Waals surface area contributed by atoms with Crippen molar-refractivity contribution in [1.82, 2.24) is 10.6 Å². The van der Waals surface area contributed by atoms with Crippen molar-refractivity contribution < 1.29 is 9.59 Å². The van der Waals surface area contributed by atoms with Crippen LogP contribution in [0.4, 0.5) is 0 Å². The van der Waals surface area contributed by atoms with Crippen LogP contribution in [0.15, 0.2) is 0 Å². The topological polar surface area (TPSA) is 58.2 Å². The molecule has 0 saturated carbocycles. The minimum Gasteiger partial charge on any atom is -0.314 e. The summed E-state index contributed by atoms with van der Waals surface area (Å²) in [5, 5.41) is 6.29. The Morgan fingerprint density at radius 3 is 1.48 bits per heavy atom. The molecular weight excluding hydrogens is 264 g/mol. The summed E-state index contributed by atoms with van der Waals surface area (Å²) in [6, 6.07) is 0.887. The van der Waals surface area contributed by atoms with Crippen molar-refractivity contribution in [3.63, 3.8) is 0 Å². The predicted octanol–water partition coefficient (Wildman–Crippen LogP) is 2.81. The zero-order chi connectivity index (χ0) is 17.0. The predicted molar refractivity (Wildman–Crippen MR) is 90.6 cm³/mol. The number of Topliss-reactive ketones (excluding diaryl/α,β-unsaturated/α-hetero) is 2. The van der Waals surface area contributed by atoms with Crippen molar-refractivity contribution >= 4 is 11.6 Å². The molecule has 0 saturated heterocycles. The van der Waals surface area contributed by atoms with Crippen molar-refractivity contribution in [3.8, 4) is 0 Å². The minimum atomic E-state index is 0.159. The summed E-state index contributed by atoms with van der Waals surface area (Å²) in [4.78, 5) is 22.1. The maximum Gasteiger partial charge on any atom is 0.149 e. The molecular formula is C17H36N2O2. The summed E-state index contributed by atoms with van der Waals surface area (Å²) in [6.45, 7) is 17.3. The Hall–Kier alpha value is -0.740. The van der Waals surface area contributed by atoms with Gasteiger partial charge in [0.2, 0.25) is 0 Å². The van der Waals surface area contributed by atoms with E-state index >= 15 is 0 Å². The SMILES string of the molecule is CC(C)NCC(=O)C(C)C.CC(C)NCCC(=O)C(C)C. The van der Waals surface area contributed by atoms with E-state index in [2.05, 4.69) is 24.5 Å². The van der Waals surface area contributed by atoms with Gasteiger partial charge in [-0.3, -0.25) is 9.59 Å². The van der Waals surface area contributed by atoms with E-state index < -0.39 is 0 Å². The fourth-order valence-electron chi connectivity index (χ4n) is 1.28. The molecule has 0 atom stereocenters. The van der Waals surface area contributed by atoms with E-state index in [1.807, 2.05) is 41.5 Å². The molecule has 0 aliphatic carbocycles. The monoisotopic (exact) mass is 300 g/mol. The van der Waals surface area contributed by atoms with E-state index in [-0.39, 0.29) is 17.6 Å². The highest BCUT2D eigenvalue weighted by Crippen LogP contribution is 1.97. The Labute approximate surface area is 131 Å². The van der Waals surface area contributed by atoms with Crippen LogP contribution < -0.4 is 10.6 Å². The lowest BCUT2D eigenvalue weighted by Gasteiger charge is -2.08. The average Bonchev–Trinajstić information content (AvgIpc) is 2.35. The quantitative estimate of drug-likeness (QED) is 0.687. The van der Waals surface area contributed by atoms with E-state index in [0.29, 0.717) is 30.8 Å². The van der Waals surface area contributed by atoms with Crippen LogP contribution in [0.3, 0.4) is 0 Å². The van der Waals surface area contributed by atoms with Gasteiger partial charge in [0.05, 0.1) is 6.54 Å². The molecule has 21 heavy (non-hydrogen) atoms. The molecule has 0 aromatic rings. The lowest BCUT2D eigenvalue weighted by Crippen LogP contribution is -2.31. The fraction of sp³-hybridized carbons (Fsp3) is 0.882. The van der Waals surface area contributed by atoms with Gasteiger partial charge in [-0.15, -0.1) is 0 Å². The number of carbonyl (C=O) groups excluding carboxylic acids is 2. The normalized spacial score (nSPS) is 11.0. The van der Waals surface area contributed by atoms with Gasteiger partial charge < -0.3 is 10.6 Å². The number of ketones is 2. The molecule has 0 amide bonds. The number of nitrogens with one attached hydrogen (secondary N) is 2. The summed E-state index contributed by atoms with van der Waals surface area (Å²) < 4.78 is 0. The Balaban J connectivity index is 0. The molecule has 0 rings (SSSR count). The van der Waals surface area contributed by atoms with Crippen LogP contribution in [0.25, 0.3) is 0 Å². The smallest absolute Gasteiger partial charge is 0.149 e. The van der Waals surface area contributed by atoms with Gasteiger partial charge in [0.25, 0.3) is 0 Å². The van der Waals surface area contributed by atoms with Crippen molar-refractivity contribution in [1.29, 1.82) is 0 Å². The van der Waals surface area contributed by atoms with E-state index in [1.54, 1.807) is 0 Å². The molecule has 0 aliphatic rings. The molecule has 0 spiro atoms. The van der Waals surface area contributed by atoms with Gasteiger partial charge >= 0.3 is 0 Å². The van der Waals surface area contributed by atoms with Gasteiger partial charge in [0.1, 0.15) is 11.6 Å². The molecule has 0 heterocycles. The van der Waals surface area contributed by atoms with Crippen molar-refractivity contribution in [3.05, 3.63) is 0 Å². The largest absolute Gasteiger partial charge is 0.314 e. The average molecular weight is 300 g/mol. The second kappa shape index (κ2) is 13.0. The summed E-state index contributed by atoms with van der Waals surface area (Å²) in [6.07, 6.45) is 0.663. The van der Waals surface area contributed by atoms with Crippen LogP contribution in [0.1, 0.15) is 61.8 Å². The van der Waals surface area contributed by atoms with E-state index in [4.69, 9.17) is 0 Å². The Morgan fingerprint density at radius 2 is 1.14 bits per heavy atom. The van der Waals surface area contributed by atoms with Crippen LogP contribution in [0, 0.1) is 11.8 Å². The molecule has 0 bridgehead atoms. The summed E-state index contributed by atoms with van der Waals surface area (Å²) in [7, 11) is 0. The first-order valence-corrected chi connectivity index (χ1v) is 8.10. The zero-order valence-corrected chi connectivity index (χ0v) is 15.2. The van der Waals surface area contributed by atoms with Gasteiger partial charge in [0, 0.05) is 36.9 Å². The molecule has 0 aromatic carbocycles. The van der Waals surface area contributed by atoms with Gasteiger partial charge in [-0.25, -0.2) is 0 Å². The lowest BCUT2D eigenvalue weighted by molar-refractivity contribution is -0.122. The first-order chi connectivity index (χ1) is 9.57. The summed E-state index contributed by atoms with van der Waals surface area (Å²) >= 11 is 0. The molecule has 2 N–H and O–H groups in total. The third-order valence-electron chi connectivity index (χ3n) is 2.90. The highest BCUT2D eigenvalue weighted by atomic mass is 16.1. The summed E-state index contributed by atoms with van der Waals surface area (Å²) in [5.41, 5.74) is 0. The molecule has 0 fully saturated rings. The standard InChI is InChI=1S/C9H19NO.C8H17NO/c1-7(2)9(11)5-6-10-8(3)4;1-6(2)8(10)5-9-7(3)4/h7-8,10H,5-6H2,1-4H3;6-7,9H,5H2,1-4H3. The minimum absolute atomic E-state index is 0.159. The fourth-order valence-corrected chi connectivity index (χ4v) is 1.28. The molecule has 4 nitrogen and oxygen atoms in total. The number of carbonyl (C=O) groups is 2. The third kappa shape index (κ3) is 17.2. The first-order valence-electron chi connectivity index (χ1n) is 8.10. The maximum atomic E-state index is 11.1. The van der Waals surface area contributed by atoms with Gasteiger partial charge in [-0.2, -0.15) is 0 Å². The van der Waals surface area contributed by atoms with E-state index in [0.717, 1.165) is 6.54 Å². The van der Waals surface area contributed by atoms with Gasteiger partial charge in [-0.1, -0.05) is 55.4 Å². The van der Waals surface area contributed by atoms with E-state index in [1.165, 1.54) is 0 Å². The van der Waals surface area contributed by atoms with Crippen LogP contribution in [0.2, 0.25) is 0 Å². The van der Waals surface area contributed by atoms with Gasteiger partial charge in [0.15, 0.2) is 0 Å². The van der Waals surface area contributed by atoms with Crippen LogP contribution in [-0.4, -0.2) is 36.7 Å². The summed E-state index contributed by atoms with van der Waals surface area (Å²) in [5.74, 6) is 0.974. The highest BCUT2D eigenvalue weighted by molar-refractivity contribution is 5.82. The highest BCUT2D eigenvalue weighted by Gasteiger charge is 2.06. The Kier molecular flexibility index (Phi) is 13.9. The molecule has 4 heteroatoms. The molecule has 0 aliphatic heterocycles. The molecule has 0 aromatic heterocycles. The second-order valence-corrected chi connectivity index (χ2v) is 6.64. The van der Waals surface area contributed by atoms with Crippen LogP contribution >= 0.6 is 0 Å². The first kappa shape index (κ1) is 22.5. The molecule has 0 unspecified atom stereocenters.